The number of methoxy groups -OCH3 is 1. The Morgan fingerprint density at radius 1 is 1.16 bits per heavy atom. The molecule has 44 heavy (non-hydrogen) atoms. The molecule has 3 aromatic heterocycles. The molecule has 0 aliphatic heterocycles. The maximum absolute atomic E-state index is 13.3. The average molecular weight is 625 g/mol. The van der Waals surface area contributed by atoms with E-state index < -0.39 is 34.5 Å². The molecule has 1 aliphatic rings. The largest absolute Gasteiger partial charge is 0.497 e. The summed E-state index contributed by atoms with van der Waals surface area (Å²) in [4.78, 5) is 33.5. The van der Waals surface area contributed by atoms with Gasteiger partial charge in [0.25, 0.3) is 11.8 Å². The van der Waals surface area contributed by atoms with Crippen molar-refractivity contribution in [1.29, 1.82) is 0 Å². The molecule has 0 atom stereocenters. The molecule has 0 bridgehead atoms. The van der Waals surface area contributed by atoms with Crippen molar-refractivity contribution in [2.45, 2.75) is 37.9 Å². The molecule has 3 N–H and O–H groups in total. The molecule has 1 aliphatic carbocycles. The predicted octanol–water partition coefficient (Wildman–Crippen LogP) is 5.51. The van der Waals surface area contributed by atoms with E-state index in [4.69, 9.17) is 26.6 Å². The van der Waals surface area contributed by atoms with Crippen molar-refractivity contribution in [3.63, 3.8) is 0 Å². The van der Waals surface area contributed by atoms with Gasteiger partial charge in [-0.2, -0.15) is 18.2 Å². The molecular formula is C30H24ClF3N6O4. The number of amides is 2. The van der Waals surface area contributed by atoms with Gasteiger partial charge in [-0.3, -0.25) is 14.6 Å². The average Bonchev–Trinajstić information content (AvgIpc) is 3.63. The van der Waals surface area contributed by atoms with Gasteiger partial charge >= 0.3 is 6.18 Å². The second-order valence-electron chi connectivity index (χ2n) is 10.4. The number of primary amides is 1. The molecule has 2 amide bonds. The molecule has 10 nitrogen and oxygen atoms in total. The summed E-state index contributed by atoms with van der Waals surface area (Å²) in [5.41, 5.74) is 5.30. The molecule has 6 rings (SSSR count). The predicted molar refractivity (Wildman–Crippen MR) is 153 cm³/mol. The number of nitrogens with one attached hydrogen (secondary N) is 1. The molecule has 3 heterocycles. The zero-order valence-electron chi connectivity index (χ0n) is 23.3. The van der Waals surface area contributed by atoms with E-state index in [0.29, 0.717) is 47.4 Å². The normalized spacial score (nSPS) is 14.0. The van der Waals surface area contributed by atoms with E-state index in [-0.39, 0.29) is 18.1 Å². The van der Waals surface area contributed by atoms with Crippen molar-refractivity contribution < 1.29 is 32.0 Å². The van der Waals surface area contributed by atoms with E-state index in [1.165, 1.54) is 0 Å². The number of carbonyl (C=O) groups is 2. The number of ether oxygens (including phenoxy) is 1. The first-order chi connectivity index (χ1) is 20.9. The third kappa shape index (κ3) is 5.02. The maximum Gasteiger partial charge on any atom is 0.417 e. The van der Waals surface area contributed by atoms with Crippen molar-refractivity contribution in [3.8, 4) is 23.0 Å². The van der Waals surface area contributed by atoms with E-state index in [9.17, 15) is 22.8 Å². The highest BCUT2D eigenvalue weighted by Gasteiger charge is 2.54. The third-order valence-electron chi connectivity index (χ3n) is 7.61. The van der Waals surface area contributed by atoms with Gasteiger partial charge in [0.05, 0.1) is 39.9 Å². The zero-order valence-corrected chi connectivity index (χ0v) is 24.1. The summed E-state index contributed by atoms with van der Waals surface area (Å²) in [5.74, 6) is -0.235. The Morgan fingerprint density at radius 3 is 2.48 bits per heavy atom. The summed E-state index contributed by atoms with van der Waals surface area (Å²) in [5, 5.41) is 7.85. The van der Waals surface area contributed by atoms with Gasteiger partial charge in [0.1, 0.15) is 11.4 Å². The first-order valence-corrected chi connectivity index (χ1v) is 13.7. The van der Waals surface area contributed by atoms with Crippen molar-refractivity contribution in [2.24, 2.45) is 5.73 Å². The van der Waals surface area contributed by atoms with Crippen LogP contribution in [0.1, 0.15) is 45.8 Å². The lowest BCUT2D eigenvalue weighted by Gasteiger charge is -2.18. The number of pyridine rings is 1. The molecular weight excluding hydrogens is 601 g/mol. The van der Waals surface area contributed by atoms with Crippen LogP contribution in [0.2, 0.25) is 5.02 Å². The van der Waals surface area contributed by atoms with E-state index in [1.807, 2.05) is 47.0 Å². The van der Waals surface area contributed by atoms with Crippen LogP contribution in [0.3, 0.4) is 0 Å². The fourth-order valence-electron chi connectivity index (χ4n) is 5.21. The van der Waals surface area contributed by atoms with Crippen LogP contribution >= 0.6 is 11.6 Å². The third-order valence-corrected chi connectivity index (χ3v) is 7.99. The second kappa shape index (κ2) is 10.7. The molecule has 0 unspecified atom stereocenters. The SMILES string of the molecule is COc1ccc2c(c1)c(Cl)c(-c1nc(C)no1)n2-c1ccc(CNC(=O)C2(c3ncc(C(F)(F)F)cc3C(N)=O)CC2)cc1. The second-order valence-corrected chi connectivity index (χ2v) is 10.8. The standard InChI is InChI=1S/C30H24ClF3N6O4/c1-15-38-27(44-39-15)24-23(31)20-12-19(43-2)7-8-22(20)40(24)18-5-3-16(4-6-18)13-37-28(42)29(9-10-29)25-21(26(35)41)11-17(14-36-25)30(32,33)34/h3-8,11-12,14H,9-10,13H2,1-2H3,(H2,35,41)(H,37,42). The van der Waals surface area contributed by atoms with Gasteiger partial charge in [0.2, 0.25) is 5.91 Å². The van der Waals surface area contributed by atoms with Crippen molar-refractivity contribution in [3.05, 3.63) is 88.0 Å². The molecule has 0 saturated heterocycles. The van der Waals surface area contributed by atoms with Gasteiger partial charge in [-0.15, -0.1) is 0 Å². The van der Waals surface area contributed by atoms with Crippen molar-refractivity contribution >= 4 is 34.3 Å². The van der Waals surface area contributed by atoms with Gasteiger partial charge in [-0.05, 0) is 61.7 Å². The Hall–Kier alpha value is -4.91. The summed E-state index contributed by atoms with van der Waals surface area (Å²) in [7, 11) is 1.56. The number of alkyl halides is 3. The van der Waals surface area contributed by atoms with Crippen LogP contribution in [0, 0.1) is 6.92 Å². The number of halogens is 4. The maximum atomic E-state index is 13.3. The summed E-state index contributed by atoms with van der Waals surface area (Å²) in [6, 6.07) is 13.4. The molecule has 226 valence electrons. The van der Waals surface area contributed by atoms with E-state index in [1.54, 1.807) is 14.0 Å². The first-order valence-electron chi connectivity index (χ1n) is 13.4. The van der Waals surface area contributed by atoms with Crippen LogP contribution in [0.4, 0.5) is 13.2 Å². The van der Waals surface area contributed by atoms with Gasteiger partial charge in [0.15, 0.2) is 5.82 Å². The van der Waals surface area contributed by atoms with E-state index >= 15 is 0 Å². The highest BCUT2D eigenvalue weighted by atomic mass is 35.5. The Kier molecular flexibility index (Phi) is 7.07. The van der Waals surface area contributed by atoms with Crippen LogP contribution < -0.4 is 15.8 Å². The molecule has 1 fully saturated rings. The summed E-state index contributed by atoms with van der Waals surface area (Å²) >= 11 is 6.82. The lowest BCUT2D eigenvalue weighted by Crippen LogP contribution is -2.36. The summed E-state index contributed by atoms with van der Waals surface area (Å²) in [6.07, 6.45) is -3.46. The Labute approximate surface area is 253 Å². The lowest BCUT2D eigenvalue weighted by molar-refractivity contribution is -0.137. The minimum atomic E-state index is -4.71. The zero-order chi connectivity index (χ0) is 31.4. The Morgan fingerprint density at radius 2 is 1.89 bits per heavy atom. The van der Waals surface area contributed by atoms with E-state index in [0.717, 1.165) is 22.2 Å². The highest BCUT2D eigenvalue weighted by molar-refractivity contribution is 6.38. The van der Waals surface area contributed by atoms with Crippen LogP contribution in [0.5, 0.6) is 5.75 Å². The number of fused-ring (bicyclic) bond motifs is 1. The van der Waals surface area contributed by atoms with Crippen LogP contribution in [-0.2, 0) is 22.9 Å². The number of rotatable bonds is 8. The quantitative estimate of drug-likeness (QED) is 0.232. The van der Waals surface area contributed by atoms with Gasteiger partial charge in [-0.1, -0.05) is 28.9 Å². The van der Waals surface area contributed by atoms with Gasteiger partial charge in [0, 0.05) is 23.8 Å². The highest BCUT2D eigenvalue weighted by Crippen LogP contribution is 2.49. The number of nitrogens with zero attached hydrogens (tertiary/aromatic N) is 4. The monoisotopic (exact) mass is 624 g/mol. The fourth-order valence-corrected chi connectivity index (χ4v) is 5.53. The molecule has 5 aromatic rings. The fraction of sp³-hybridized carbons (Fsp3) is 0.233. The smallest absolute Gasteiger partial charge is 0.417 e. The number of aromatic nitrogens is 4. The topological polar surface area (TPSA) is 138 Å². The minimum absolute atomic E-state index is 0.0531. The number of carbonyl (C=O) groups excluding carboxylic acids is 2. The molecule has 2 aromatic carbocycles. The van der Waals surface area contributed by atoms with Crippen molar-refractivity contribution in [1.82, 2.24) is 25.0 Å². The molecule has 0 radical (unpaired) electrons. The summed E-state index contributed by atoms with van der Waals surface area (Å²) < 4.78 is 52.3. The first kappa shape index (κ1) is 29.2. The Balaban J connectivity index is 1.27. The van der Waals surface area contributed by atoms with Gasteiger partial charge < -0.3 is 24.9 Å². The number of aryl methyl sites for hydroxylation is 1. The number of hydrogen-bond donors (Lipinski definition) is 2. The van der Waals surface area contributed by atoms with Crippen LogP contribution in [0.25, 0.3) is 28.2 Å². The molecule has 14 heteroatoms. The van der Waals surface area contributed by atoms with Gasteiger partial charge in [-0.25, -0.2) is 0 Å². The minimum Gasteiger partial charge on any atom is -0.497 e. The number of hydrogen-bond acceptors (Lipinski definition) is 7. The van der Waals surface area contributed by atoms with Crippen LogP contribution in [0.15, 0.2) is 59.3 Å². The van der Waals surface area contributed by atoms with Crippen LogP contribution in [-0.4, -0.2) is 38.6 Å². The lowest BCUT2D eigenvalue weighted by atomic mass is 9.94. The summed E-state index contributed by atoms with van der Waals surface area (Å²) in [6.45, 7) is 1.82. The molecule has 0 spiro atoms. The number of nitrogens with two attached hydrogens (primary N) is 1. The van der Waals surface area contributed by atoms with E-state index in [2.05, 4.69) is 20.4 Å². The van der Waals surface area contributed by atoms with Crippen molar-refractivity contribution in [2.75, 3.05) is 7.11 Å². The number of benzene rings is 2. The Bertz CT molecular complexity index is 1930. The molecule has 1 saturated carbocycles.